The van der Waals surface area contributed by atoms with Gasteiger partial charge in [-0.2, -0.15) is 5.10 Å². The minimum Gasteiger partial charge on any atom is -0.307 e. The van der Waals surface area contributed by atoms with Crippen LogP contribution in [0.1, 0.15) is 26.7 Å². The van der Waals surface area contributed by atoms with Gasteiger partial charge in [-0.1, -0.05) is 19.9 Å². The molecule has 0 aliphatic carbocycles. The van der Waals surface area contributed by atoms with E-state index in [9.17, 15) is 0 Å². The molecule has 0 aromatic rings. The second kappa shape index (κ2) is 6.33. The van der Waals surface area contributed by atoms with Crippen molar-refractivity contribution in [3.63, 3.8) is 0 Å². The third-order valence-electron chi connectivity index (χ3n) is 1.19. The first-order valence-electron chi connectivity index (χ1n) is 3.81. The molecule has 0 aromatic heterocycles. The maximum absolute atomic E-state index is 3.86. The number of hydrazone groups is 1. The van der Waals surface area contributed by atoms with Crippen LogP contribution in [0.2, 0.25) is 0 Å². The summed E-state index contributed by atoms with van der Waals surface area (Å²) in [5.41, 5.74) is 2.96. The molecule has 1 rings (SSSR count). The molecule has 1 unspecified atom stereocenters. The van der Waals surface area contributed by atoms with Gasteiger partial charge in [0.1, 0.15) is 0 Å². The van der Waals surface area contributed by atoms with Crippen LogP contribution in [-0.2, 0) is 0 Å². The van der Waals surface area contributed by atoms with Crippen molar-refractivity contribution in [3.05, 3.63) is 12.7 Å². The van der Waals surface area contributed by atoms with E-state index in [0.717, 1.165) is 12.8 Å². The van der Waals surface area contributed by atoms with E-state index < -0.39 is 0 Å². The smallest absolute Gasteiger partial charge is 0.0524 e. The molecule has 0 fully saturated rings. The van der Waals surface area contributed by atoms with Crippen LogP contribution >= 0.6 is 0 Å². The molecule has 0 amide bonds. The lowest BCUT2D eigenvalue weighted by Gasteiger charge is -2.02. The number of hydrogen-bond donors (Lipinski definition) is 1. The quantitative estimate of drug-likeness (QED) is 0.582. The first kappa shape index (κ1) is 9.21. The van der Waals surface area contributed by atoms with E-state index in [0.29, 0.717) is 6.04 Å². The zero-order valence-electron chi connectivity index (χ0n) is 6.80. The van der Waals surface area contributed by atoms with Crippen molar-refractivity contribution in [2.45, 2.75) is 32.7 Å². The summed E-state index contributed by atoms with van der Waals surface area (Å²) in [5.74, 6) is 0. The first-order chi connectivity index (χ1) is 4.93. The Labute approximate surface area is 63.0 Å². The van der Waals surface area contributed by atoms with Gasteiger partial charge in [0.05, 0.1) is 6.04 Å². The maximum atomic E-state index is 3.86. The van der Waals surface area contributed by atoms with E-state index in [1.54, 1.807) is 0 Å². The molecule has 2 heteroatoms. The van der Waals surface area contributed by atoms with Crippen molar-refractivity contribution in [2.75, 3.05) is 0 Å². The fourth-order valence-electron chi connectivity index (χ4n) is 0.741. The molecule has 1 N–H and O–H groups in total. The van der Waals surface area contributed by atoms with Crippen molar-refractivity contribution in [1.29, 1.82) is 0 Å². The zero-order chi connectivity index (χ0) is 7.82. The van der Waals surface area contributed by atoms with Gasteiger partial charge in [0, 0.05) is 12.6 Å². The largest absolute Gasteiger partial charge is 0.307 e. The molecule has 58 valence electrons. The molecule has 1 atom stereocenters. The van der Waals surface area contributed by atoms with Crippen LogP contribution in [0, 0.1) is 0 Å². The standard InChI is InChI=1S/C6H10N2.C2H6/c1-2-3-6-4-5-7-8-6;1-2/h2,5-6,8H,1,3-4H2;1-2H3. The Morgan fingerprint density at radius 1 is 1.80 bits per heavy atom. The van der Waals surface area contributed by atoms with E-state index in [-0.39, 0.29) is 0 Å². The van der Waals surface area contributed by atoms with Gasteiger partial charge in [0.15, 0.2) is 0 Å². The Hall–Kier alpha value is -0.790. The van der Waals surface area contributed by atoms with E-state index in [2.05, 4.69) is 17.1 Å². The molecule has 1 aliphatic rings. The van der Waals surface area contributed by atoms with Crippen molar-refractivity contribution < 1.29 is 0 Å². The molecule has 0 saturated heterocycles. The highest BCUT2D eigenvalue weighted by molar-refractivity contribution is 5.59. The third-order valence-corrected chi connectivity index (χ3v) is 1.19. The Balaban J connectivity index is 0.000000371. The fraction of sp³-hybridized carbons (Fsp3) is 0.625. The summed E-state index contributed by atoms with van der Waals surface area (Å²) in [7, 11) is 0. The molecule has 0 bridgehead atoms. The summed E-state index contributed by atoms with van der Waals surface area (Å²) in [6.07, 6.45) is 5.87. The summed E-state index contributed by atoms with van der Waals surface area (Å²) >= 11 is 0. The van der Waals surface area contributed by atoms with Gasteiger partial charge in [-0.05, 0) is 6.42 Å². The molecule has 0 spiro atoms. The summed E-state index contributed by atoms with van der Waals surface area (Å²) in [6.45, 7) is 7.63. The van der Waals surface area contributed by atoms with Crippen LogP contribution in [0.3, 0.4) is 0 Å². The molecule has 2 nitrogen and oxygen atoms in total. The summed E-state index contributed by atoms with van der Waals surface area (Å²) in [4.78, 5) is 0. The molecular formula is C8H16N2. The molecule has 0 saturated carbocycles. The molecule has 1 aliphatic heterocycles. The Kier molecular flexibility index (Phi) is 5.83. The van der Waals surface area contributed by atoms with Crippen molar-refractivity contribution in [1.82, 2.24) is 5.43 Å². The van der Waals surface area contributed by atoms with Gasteiger partial charge in [0.2, 0.25) is 0 Å². The predicted molar refractivity (Wildman–Crippen MR) is 46.2 cm³/mol. The highest BCUT2D eigenvalue weighted by Crippen LogP contribution is 2.00. The third kappa shape index (κ3) is 3.28. The van der Waals surface area contributed by atoms with Crippen LogP contribution in [0.25, 0.3) is 0 Å². The molecular weight excluding hydrogens is 124 g/mol. The second-order valence-corrected chi connectivity index (χ2v) is 1.90. The molecule has 10 heavy (non-hydrogen) atoms. The predicted octanol–water partition coefficient (Wildman–Crippen LogP) is 1.94. The minimum absolute atomic E-state index is 0.521. The average molecular weight is 140 g/mol. The number of rotatable bonds is 2. The number of nitrogens with one attached hydrogen (secondary N) is 1. The van der Waals surface area contributed by atoms with E-state index in [1.165, 1.54) is 0 Å². The van der Waals surface area contributed by atoms with E-state index in [1.807, 2.05) is 26.1 Å². The van der Waals surface area contributed by atoms with Gasteiger partial charge in [0.25, 0.3) is 0 Å². The fourth-order valence-corrected chi connectivity index (χ4v) is 0.741. The second-order valence-electron chi connectivity index (χ2n) is 1.90. The van der Waals surface area contributed by atoms with E-state index in [4.69, 9.17) is 0 Å². The summed E-state index contributed by atoms with van der Waals surface area (Å²) in [5, 5.41) is 3.86. The lowest BCUT2D eigenvalue weighted by Crippen LogP contribution is -2.17. The van der Waals surface area contributed by atoms with Crippen LogP contribution in [0.15, 0.2) is 17.8 Å². The lowest BCUT2D eigenvalue weighted by molar-refractivity contribution is 0.592. The van der Waals surface area contributed by atoms with Crippen LogP contribution in [0.4, 0.5) is 0 Å². The topological polar surface area (TPSA) is 24.4 Å². The monoisotopic (exact) mass is 140 g/mol. The number of hydrogen-bond acceptors (Lipinski definition) is 2. The van der Waals surface area contributed by atoms with Crippen molar-refractivity contribution >= 4 is 6.21 Å². The molecule has 0 radical (unpaired) electrons. The summed E-state index contributed by atoms with van der Waals surface area (Å²) < 4.78 is 0. The lowest BCUT2D eigenvalue weighted by atomic mass is 10.2. The average Bonchev–Trinajstić information content (AvgIpc) is 2.46. The Morgan fingerprint density at radius 3 is 2.90 bits per heavy atom. The van der Waals surface area contributed by atoms with Crippen molar-refractivity contribution in [3.8, 4) is 0 Å². The maximum Gasteiger partial charge on any atom is 0.0524 e. The Morgan fingerprint density at radius 2 is 2.50 bits per heavy atom. The zero-order valence-corrected chi connectivity index (χ0v) is 6.80. The van der Waals surface area contributed by atoms with Crippen LogP contribution < -0.4 is 5.43 Å². The molecule has 0 aromatic carbocycles. The Bertz CT molecular complexity index is 99.8. The van der Waals surface area contributed by atoms with Gasteiger partial charge in [-0.25, -0.2) is 0 Å². The van der Waals surface area contributed by atoms with Crippen LogP contribution in [-0.4, -0.2) is 12.3 Å². The highest BCUT2D eigenvalue weighted by atomic mass is 15.3. The molecule has 1 heterocycles. The van der Waals surface area contributed by atoms with Gasteiger partial charge < -0.3 is 5.43 Å². The van der Waals surface area contributed by atoms with Gasteiger partial charge in [-0.3, -0.25) is 0 Å². The minimum atomic E-state index is 0.521. The van der Waals surface area contributed by atoms with Gasteiger partial charge >= 0.3 is 0 Å². The first-order valence-corrected chi connectivity index (χ1v) is 3.81. The number of nitrogens with zero attached hydrogens (tertiary/aromatic N) is 1. The van der Waals surface area contributed by atoms with Crippen molar-refractivity contribution in [2.24, 2.45) is 5.10 Å². The van der Waals surface area contributed by atoms with Crippen LogP contribution in [0.5, 0.6) is 0 Å². The highest BCUT2D eigenvalue weighted by Gasteiger charge is 2.06. The normalized spacial score (nSPS) is 20.8. The van der Waals surface area contributed by atoms with E-state index >= 15 is 0 Å². The van der Waals surface area contributed by atoms with Gasteiger partial charge in [-0.15, -0.1) is 6.58 Å². The SMILES string of the molecule is C=CCC1CC=NN1.CC. The summed E-state index contributed by atoms with van der Waals surface area (Å²) in [6, 6.07) is 0.521.